The Morgan fingerprint density at radius 2 is 0.824 bits per heavy atom. The Kier molecular flexibility index (Phi) is 9.68. The summed E-state index contributed by atoms with van der Waals surface area (Å²) in [5.41, 5.74) is 6.56. The highest BCUT2D eigenvalue weighted by Crippen LogP contribution is 2.27. The summed E-state index contributed by atoms with van der Waals surface area (Å²) in [6.07, 6.45) is 3.99. The molecule has 0 atom stereocenters. The predicted octanol–water partition coefficient (Wildman–Crippen LogP) is 8.85. The molecule has 0 aliphatic heterocycles. The van der Waals surface area contributed by atoms with Crippen LogP contribution in [-0.2, 0) is 0 Å². The van der Waals surface area contributed by atoms with Gasteiger partial charge in [-0.05, 0) is 86.4 Å². The summed E-state index contributed by atoms with van der Waals surface area (Å²) < 4.78 is 0. The molecule has 0 radical (unpaired) electrons. The van der Waals surface area contributed by atoms with Crippen LogP contribution < -0.4 is 9.80 Å². The van der Waals surface area contributed by atoms with Crippen LogP contribution in [0.25, 0.3) is 22.2 Å². The number of halogens is 2. The van der Waals surface area contributed by atoms with E-state index in [1.807, 2.05) is 12.2 Å². The summed E-state index contributed by atoms with van der Waals surface area (Å²) in [4.78, 5) is 4.64. The Hall–Kier alpha value is -2.68. The van der Waals surface area contributed by atoms with Gasteiger partial charge in [-0.1, -0.05) is 71.7 Å². The van der Waals surface area contributed by atoms with Gasteiger partial charge in [0.25, 0.3) is 0 Å². The second kappa shape index (κ2) is 12.7. The van der Waals surface area contributed by atoms with Crippen molar-refractivity contribution in [2.75, 3.05) is 36.0 Å². The second-order valence-electron chi connectivity index (χ2n) is 8.09. The van der Waals surface area contributed by atoms with E-state index >= 15 is 0 Å². The van der Waals surface area contributed by atoms with Crippen LogP contribution in [0.4, 0.5) is 11.4 Å². The van der Waals surface area contributed by atoms with Crippen LogP contribution in [0.15, 0.2) is 72.8 Å². The lowest BCUT2D eigenvalue weighted by Crippen LogP contribution is -2.21. The average molecular weight is 494 g/mol. The minimum atomic E-state index is 0.723. The molecule has 0 saturated carbocycles. The summed E-state index contributed by atoms with van der Waals surface area (Å²) in [5, 5.41) is 1.45. The van der Waals surface area contributed by atoms with Gasteiger partial charge in [0.05, 0.1) is 0 Å². The standard InChI is InChI=1S/C30H34Cl2N2/c1-5-33(6-2)27-17-13-25(14-18-27)29(31)21-23-9-11-24(12-10-23)22-30(32)26-15-19-28(20-16-26)34(7-3)8-4/h9-22H,5-8H2,1-4H3. The second-order valence-corrected chi connectivity index (χ2v) is 8.90. The van der Waals surface area contributed by atoms with Crippen LogP contribution in [0.5, 0.6) is 0 Å². The SMILES string of the molecule is CCN(CC)c1ccc(C(Cl)=Cc2ccc(C=C(Cl)c3ccc(N(CC)CC)cc3)cc2)cc1. The first-order chi connectivity index (χ1) is 16.5. The summed E-state index contributed by atoms with van der Waals surface area (Å²) in [6.45, 7) is 12.6. The number of anilines is 2. The monoisotopic (exact) mass is 492 g/mol. The fraction of sp³-hybridized carbons (Fsp3) is 0.267. The summed E-state index contributed by atoms with van der Waals surface area (Å²) >= 11 is 13.2. The van der Waals surface area contributed by atoms with Crippen molar-refractivity contribution >= 4 is 56.8 Å². The van der Waals surface area contributed by atoms with E-state index in [9.17, 15) is 0 Å². The van der Waals surface area contributed by atoms with E-state index in [-0.39, 0.29) is 0 Å². The Labute approximate surface area is 215 Å². The fourth-order valence-corrected chi connectivity index (χ4v) is 4.49. The number of nitrogens with zero attached hydrogens (tertiary/aromatic N) is 2. The highest BCUT2D eigenvalue weighted by molar-refractivity contribution is 6.51. The highest BCUT2D eigenvalue weighted by atomic mass is 35.5. The Bertz CT molecular complexity index is 1000. The van der Waals surface area contributed by atoms with Gasteiger partial charge in [0.15, 0.2) is 0 Å². The summed E-state index contributed by atoms with van der Waals surface area (Å²) in [6, 6.07) is 25.1. The molecular weight excluding hydrogens is 459 g/mol. The largest absolute Gasteiger partial charge is 0.372 e. The zero-order valence-corrected chi connectivity index (χ0v) is 22.1. The maximum atomic E-state index is 6.61. The van der Waals surface area contributed by atoms with Crippen LogP contribution in [0, 0.1) is 0 Å². The molecule has 0 aromatic heterocycles. The number of hydrogen-bond donors (Lipinski definition) is 0. The maximum Gasteiger partial charge on any atom is 0.0484 e. The van der Waals surface area contributed by atoms with Crippen LogP contribution in [0.2, 0.25) is 0 Å². The van der Waals surface area contributed by atoms with Crippen LogP contribution in [0.1, 0.15) is 49.9 Å². The van der Waals surface area contributed by atoms with E-state index in [0.29, 0.717) is 0 Å². The minimum Gasteiger partial charge on any atom is -0.372 e. The van der Waals surface area contributed by atoms with E-state index in [1.165, 1.54) is 11.4 Å². The average Bonchev–Trinajstić information content (AvgIpc) is 2.87. The van der Waals surface area contributed by atoms with Crippen LogP contribution >= 0.6 is 23.2 Å². The van der Waals surface area contributed by atoms with Gasteiger partial charge in [-0.15, -0.1) is 0 Å². The molecule has 0 heterocycles. The zero-order valence-electron chi connectivity index (χ0n) is 20.6. The zero-order chi connectivity index (χ0) is 24.5. The lowest BCUT2D eigenvalue weighted by Gasteiger charge is -2.21. The van der Waals surface area contributed by atoms with Gasteiger partial charge < -0.3 is 9.80 Å². The van der Waals surface area contributed by atoms with Gasteiger partial charge >= 0.3 is 0 Å². The van der Waals surface area contributed by atoms with E-state index in [2.05, 4.69) is 110 Å². The topological polar surface area (TPSA) is 6.48 Å². The van der Waals surface area contributed by atoms with E-state index in [1.54, 1.807) is 0 Å². The van der Waals surface area contributed by atoms with Crippen molar-refractivity contribution in [3.05, 3.63) is 95.1 Å². The first-order valence-corrected chi connectivity index (χ1v) is 12.8. The Morgan fingerprint density at radius 1 is 0.529 bits per heavy atom. The quantitative estimate of drug-likeness (QED) is 0.260. The van der Waals surface area contributed by atoms with Gasteiger partial charge in [0, 0.05) is 47.6 Å². The molecule has 0 aliphatic carbocycles. The summed E-state index contributed by atoms with van der Waals surface area (Å²) in [7, 11) is 0. The number of benzene rings is 3. The minimum absolute atomic E-state index is 0.723. The molecule has 0 amide bonds. The lowest BCUT2D eigenvalue weighted by atomic mass is 10.1. The van der Waals surface area contributed by atoms with Gasteiger partial charge in [0.1, 0.15) is 0 Å². The Balaban J connectivity index is 1.70. The highest BCUT2D eigenvalue weighted by Gasteiger charge is 2.05. The normalized spacial score (nSPS) is 12.1. The van der Waals surface area contributed by atoms with Crippen molar-refractivity contribution < 1.29 is 0 Å². The fourth-order valence-electron chi connectivity index (χ4n) is 3.99. The molecule has 0 N–H and O–H groups in total. The first-order valence-electron chi connectivity index (χ1n) is 12.0. The van der Waals surface area contributed by atoms with E-state index < -0.39 is 0 Å². The number of rotatable bonds is 10. The molecule has 0 unspecified atom stereocenters. The lowest BCUT2D eigenvalue weighted by molar-refractivity contribution is 0.866. The van der Waals surface area contributed by atoms with Crippen molar-refractivity contribution in [2.45, 2.75) is 27.7 Å². The molecule has 0 saturated heterocycles. The van der Waals surface area contributed by atoms with Crippen molar-refractivity contribution in [3.63, 3.8) is 0 Å². The third-order valence-corrected chi connectivity index (χ3v) is 6.72. The Morgan fingerprint density at radius 3 is 1.09 bits per heavy atom. The molecule has 34 heavy (non-hydrogen) atoms. The molecule has 4 heteroatoms. The van der Waals surface area contributed by atoms with Crippen molar-refractivity contribution in [2.24, 2.45) is 0 Å². The smallest absolute Gasteiger partial charge is 0.0484 e. The van der Waals surface area contributed by atoms with E-state index in [0.717, 1.165) is 58.5 Å². The molecule has 0 fully saturated rings. The molecule has 178 valence electrons. The first kappa shape index (κ1) is 25.9. The molecule has 3 aromatic rings. The molecule has 2 nitrogen and oxygen atoms in total. The molecule has 3 aromatic carbocycles. The van der Waals surface area contributed by atoms with Crippen molar-refractivity contribution in [3.8, 4) is 0 Å². The molecule has 0 spiro atoms. The third kappa shape index (κ3) is 6.68. The van der Waals surface area contributed by atoms with Crippen molar-refractivity contribution in [1.82, 2.24) is 0 Å². The predicted molar refractivity (Wildman–Crippen MR) is 154 cm³/mol. The van der Waals surface area contributed by atoms with Gasteiger partial charge in [-0.2, -0.15) is 0 Å². The third-order valence-electron chi connectivity index (χ3n) is 6.07. The van der Waals surface area contributed by atoms with Crippen molar-refractivity contribution in [1.29, 1.82) is 0 Å². The summed E-state index contributed by atoms with van der Waals surface area (Å²) in [5.74, 6) is 0. The van der Waals surface area contributed by atoms with Gasteiger partial charge in [0.2, 0.25) is 0 Å². The van der Waals surface area contributed by atoms with E-state index in [4.69, 9.17) is 23.2 Å². The van der Waals surface area contributed by atoms with Crippen LogP contribution in [-0.4, -0.2) is 26.2 Å². The van der Waals surface area contributed by atoms with Gasteiger partial charge in [-0.25, -0.2) is 0 Å². The number of hydrogen-bond acceptors (Lipinski definition) is 2. The molecule has 0 bridgehead atoms. The molecular formula is C30H34Cl2N2. The van der Waals surface area contributed by atoms with Crippen LogP contribution in [0.3, 0.4) is 0 Å². The molecule has 3 rings (SSSR count). The maximum absolute atomic E-state index is 6.61. The molecule has 0 aliphatic rings. The van der Waals surface area contributed by atoms with Gasteiger partial charge in [-0.3, -0.25) is 0 Å².